The Morgan fingerprint density at radius 3 is 2.70 bits per heavy atom. The van der Waals surface area contributed by atoms with Crippen molar-refractivity contribution < 1.29 is 18.0 Å². The fraction of sp³-hybridized carbons (Fsp3) is 0.429. The van der Waals surface area contributed by atoms with Gasteiger partial charge in [-0.3, -0.25) is 9.59 Å². The molecule has 2 aromatic rings. The highest BCUT2D eigenvalue weighted by Crippen LogP contribution is 2.24. The molecule has 9 heteroatoms. The average molecular weight is 448 g/mol. The van der Waals surface area contributed by atoms with Crippen LogP contribution >= 0.6 is 11.3 Å². The second-order valence-corrected chi connectivity index (χ2v) is 10.5. The van der Waals surface area contributed by atoms with Crippen LogP contribution in [0.4, 0.5) is 0 Å². The molecule has 2 aliphatic rings. The Bertz CT molecular complexity index is 1040. The molecule has 0 radical (unpaired) electrons. The number of rotatable bonds is 6. The van der Waals surface area contributed by atoms with E-state index in [9.17, 15) is 18.0 Å². The van der Waals surface area contributed by atoms with Crippen molar-refractivity contribution in [3.05, 3.63) is 51.7 Å². The Kier molecular flexibility index (Phi) is 6.21. The Hall–Kier alpha value is -2.23. The molecule has 2 amide bonds. The van der Waals surface area contributed by atoms with Gasteiger partial charge in [-0.2, -0.15) is 4.31 Å². The molecule has 1 aromatic heterocycles. The van der Waals surface area contributed by atoms with Crippen LogP contribution in [-0.2, 0) is 27.8 Å². The molecule has 2 aliphatic heterocycles. The van der Waals surface area contributed by atoms with Gasteiger partial charge in [-0.1, -0.05) is 6.07 Å². The largest absolute Gasteiger partial charge is 0.352 e. The van der Waals surface area contributed by atoms with E-state index in [-0.39, 0.29) is 35.2 Å². The number of carbonyl (C=O) groups excluding carboxylic acids is 2. The molecule has 0 bridgehead atoms. The summed E-state index contributed by atoms with van der Waals surface area (Å²) in [7, 11) is -3.57. The normalized spacial score (nSPS) is 17.0. The monoisotopic (exact) mass is 447 g/mol. The second kappa shape index (κ2) is 8.87. The molecule has 0 atom stereocenters. The van der Waals surface area contributed by atoms with Gasteiger partial charge in [0.05, 0.1) is 4.90 Å². The number of benzene rings is 1. The van der Waals surface area contributed by atoms with Gasteiger partial charge < -0.3 is 10.2 Å². The molecular weight excluding hydrogens is 422 g/mol. The molecule has 0 saturated carbocycles. The summed E-state index contributed by atoms with van der Waals surface area (Å²) in [6, 6.07) is 8.15. The molecule has 3 heterocycles. The van der Waals surface area contributed by atoms with E-state index in [1.165, 1.54) is 26.9 Å². The summed E-state index contributed by atoms with van der Waals surface area (Å²) in [4.78, 5) is 28.3. The van der Waals surface area contributed by atoms with Gasteiger partial charge >= 0.3 is 0 Å². The van der Waals surface area contributed by atoms with Crippen molar-refractivity contribution in [1.82, 2.24) is 14.5 Å². The molecule has 0 spiro atoms. The number of hydrogen-bond donors (Lipinski definition) is 1. The lowest BCUT2D eigenvalue weighted by molar-refractivity contribution is -0.131. The van der Waals surface area contributed by atoms with Gasteiger partial charge in [-0.25, -0.2) is 8.42 Å². The molecule has 0 unspecified atom stereocenters. The molecule has 1 saturated heterocycles. The summed E-state index contributed by atoms with van der Waals surface area (Å²) in [5, 5.41) is 4.79. The molecule has 1 fully saturated rings. The van der Waals surface area contributed by atoms with Crippen LogP contribution in [-0.4, -0.2) is 55.6 Å². The third kappa shape index (κ3) is 4.43. The average Bonchev–Trinajstić information content (AvgIpc) is 3.45. The molecule has 30 heavy (non-hydrogen) atoms. The van der Waals surface area contributed by atoms with Gasteiger partial charge in [-0.15, -0.1) is 11.3 Å². The van der Waals surface area contributed by atoms with E-state index in [0.29, 0.717) is 26.2 Å². The number of amides is 2. The Morgan fingerprint density at radius 1 is 1.10 bits per heavy atom. The molecule has 0 aliphatic carbocycles. The van der Waals surface area contributed by atoms with E-state index in [1.54, 1.807) is 23.5 Å². The number of sulfonamides is 1. The Balaban J connectivity index is 1.32. The highest BCUT2D eigenvalue weighted by molar-refractivity contribution is 7.89. The summed E-state index contributed by atoms with van der Waals surface area (Å²) in [6.45, 7) is 2.58. The number of carbonyl (C=O) groups is 2. The fourth-order valence-corrected chi connectivity index (χ4v) is 6.33. The van der Waals surface area contributed by atoms with Crippen LogP contribution in [0.3, 0.4) is 0 Å². The van der Waals surface area contributed by atoms with Gasteiger partial charge in [0.2, 0.25) is 15.9 Å². The van der Waals surface area contributed by atoms with Crippen LogP contribution in [0.15, 0.2) is 40.6 Å². The number of fused-ring (bicyclic) bond motifs is 1. The van der Waals surface area contributed by atoms with E-state index in [0.717, 1.165) is 19.3 Å². The summed E-state index contributed by atoms with van der Waals surface area (Å²) < 4.78 is 26.9. The lowest BCUT2D eigenvalue weighted by Gasteiger charge is -2.27. The Labute approximate surface area is 180 Å². The van der Waals surface area contributed by atoms with E-state index >= 15 is 0 Å². The zero-order chi connectivity index (χ0) is 21.1. The minimum atomic E-state index is -3.57. The predicted molar refractivity (Wildman–Crippen MR) is 115 cm³/mol. The van der Waals surface area contributed by atoms with Crippen molar-refractivity contribution in [3.63, 3.8) is 0 Å². The second-order valence-electron chi connectivity index (χ2n) is 7.58. The third-order valence-electron chi connectivity index (χ3n) is 5.58. The standard InChI is InChI=1S/C21H25N3O4S2/c25-20(23-12-7-19-17(15-23)8-13-29-19)6-9-22-21(26)16-4-3-5-18(14-16)30(27,28)24-10-1-2-11-24/h3-5,8,13-14H,1-2,6-7,9-12,15H2,(H,22,26). The van der Waals surface area contributed by atoms with Crippen LogP contribution in [0.5, 0.6) is 0 Å². The van der Waals surface area contributed by atoms with Gasteiger partial charge in [0.1, 0.15) is 0 Å². The number of nitrogens with zero attached hydrogens (tertiary/aromatic N) is 2. The summed E-state index contributed by atoms with van der Waals surface area (Å²) in [5.74, 6) is -0.363. The molecule has 1 aromatic carbocycles. The van der Waals surface area contributed by atoms with Crippen LogP contribution in [0.1, 0.15) is 40.1 Å². The van der Waals surface area contributed by atoms with Gasteiger partial charge in [0.15, 0.2) is 0 Å². The van der Waals surface area contributed by atoms with E-state index < -0.39 is 10.0 Å². The van der Waals surface area contributed by atoms with E-state index in [2.05, 4.69) is 16.8 Å². The van der Waals surface area contributed by atoms with Crippen LogP contribution in [0.25, 0.3) is 0 Å². The van der Waals surface area contributed by atoms with Crippen molar-refractivity contribution in [3.8, 4) is 0 Å². The maximum absolute atomic E-state index is 12.7. The fourth-order valence-electron chi connectivity index (χ4n) is 3.88. The Morgan fingerprint density at radius 2 is 1.90 bits per heavy atom. The first-order valence-corrected chi connectivity index (χ1v) is 12.5. The smallest absolute Gasteiger partial charge is 0.251 e. The topological polar surface area (TPSA) is 86.8 Å². The number of thiophene rings is 1. The minimum absolute atomic E-state index is 0.0116. The maximum atomic E-state index is 12.7. The lowest BCUT2D eigenvalue weighted by atomic mass is 10.1. The minimum Gasteiger partial charge on any atom is -0.352 e. The lowest BCUT2D eigenvalue weighted by Crippen LogP contribution is -2.37. The van der Waals surface area contributed by atoms with Crippen molar-refractivity contribution in [1.29, 1.82) is 0 Å². The number of nitrogens with one attached hydrogen (secondary N) is 1. The van der Waals surface area contributed by atoms with Crippen molar-refractivity contribution in [2.24, 2.45) is 0 Å². The highest BCUT2D eigenvalue weighted by Gasteiger charge is 2.27. The molecule has 7 nitrogen and oxygen atoms in total. The van der Waals surface area contributed by atoms with Gasteiger partial charge in [0.25, 0.3) is 5.91 Å². The summed E-state index contributed by atoms with van der Waals surface area (Å²) in [6.07, 6.45) is 2.82. The van der Waals surface area contributed by atoms with Crippen molar-refractivity contribution in [2.45, 2.75) is 37.1 Å². The summed E-state index contributed by atoms with van der Waals surface area (Å²) in [5.41, 5.74) is 1.49. The number of hydrogen-bond acceptors (Lipinski definition) is 5. The SMILES string of the molecule is O=C(NCCC(=O)N1CCc2sccc2C1)c1cccc(S(=O)(=O)N2CCCC2)c1. The molecule has 160 valence electrons. The van der Waals surface area contributed by atoms with Crippen LogP contribution < -0.4 is 5.32 Å². The molecule has 4 rings (SSSR count). The summed E-state index contributed by atoms with van der Waals surface area (Å²) >= 11 is 1.73. The van der Waals surface area contributed by atoms with Crippen LogP contribution in [0.2, 0.25) is 0 Å². The highest BCUT2D eigenvalue weighted by atomic mass is 32.2. The van der Waals surface area contributed by atoms with Crippen molar-refractivity contribution >= 4 is 33.2 Å². The molecular formula is C21H25N3O4S2. The van der Waals surface area contributed by atoms with E-state index in [4.69, 9.17) is 0 Å². The van der Waals surface area contributed by atoms with Crippen molar-refractivity contribution in [2.75, 3.05) is 26.2 Å². The predicted octanol–water partition coefficient (Wildman–Crippen LogP) is 2.24. The first kappa shape index (κ1) is 21.0. The van der Waals surface area contributed by atoms with E-state index in [1.807, 2.05) is 4.90 Å². The van der Waals surface area contributed by atoms with Gasteiger partial charge in [0, 0.05) is 49.6 Å². The molecule has 1 N–H and O–H groups in total. The van der Waals surface area contributed by atoms with Crippen LogP contribution in [0, 0.1) is 0 Å². The maximum Gasteiger partial charge on any atom is 0.251 e. The first-order valence-electron chi connectivity index (χ1n) is 10.2. The zero-order valence-electron chi connectivity index (χ0n) is 16.7. The third-order valence-corrected chi connectivity index (χ3v) is 8.50. The zero-order valence-corrected chi connectivity index (χ0v) is 18.3. The van der Waals surface area contributed by atoms with Gasteiger partial charge in [-0.05, 0) is 54.5 Å². The first-order chi connectivity index (χ1) is 14.4. The quantitative estimate of drug-likeness (QED) is 0.736.